The first-order chi connectivity index (χ1) is 12.4. The van der Waals surface area contributed by atoms with Crippen LogP contribution in [-0.2, 0) is 18.3 Å². The average molecular weight is 367 g/mol. The van der Waals surface area contributed by atoms with Gasteiger partial charge in [0.25, 0.3) is 0 Å². The van der Waals surface area contributed by atoms with Gasteiger partial charge < -0.3 is 0 Å². The summed E-state index contributed by atoms with van der Waals surface area (Å²) >= 11 is 1.39. The van der Waals surface area contributed by atoms with E-state index in [4.69, 9.17) is 0 Å². The Kier molecular flexibility index (Phi) is 5.27. The molecule has 7 heteroatoms. The van der Waals surface area contributed by atoms with Crippen molar-refractivity contribution in [3.05, 3.63) is 63.4 Å². The van der Waals surface area contributed by atoms with E-state index in [9.17, 15) is 4.79 Å². The molecule has 0 saturated heterocycles. The number of benzene rings is 1. The minimum atomic E-state index is -0.231. The Morgan fingerprint density at radius 1 is 1.19 bits per heavy atom. The summed E-state index contributed by atoms with van der Waals surface area (Å²) in [6.07, 6.45) is 3.98. The highest BCUT2D eigenvalue weighted by atomic mass is 32.1. The molecule has 0 aliphatic heterocycles. The van der Waals surface area contributed by atoms with Gasteiger partial charge in [0.1, 0.15) is 5.01 Å². The molecule has 1 N–H and O–H groups in total. The number of carbonyl (C=O) groups excluding carboxylic acids is 1. The first kappa shape index (κ1) is 18.0. The van der Waals surface area contributed by atoms with Gasteiger partial charge in [-0.1, -0.05) is 41.2 Å². The Bertz CT molecular complexity index is 953. The number of aromatic nitrogens is 4. The molecule has 0 bridgehead atoms. The number of nitrogens with one attached hydrogen (secondary N) is 1. The van der Waals surface area contributed by atoms with Crippen LogP contribution < -0.4 is 5.32 Å². The SMILES string of the molecule is Cc1ccc(Cc2nnc(NC(=O)/C=C\c3c(C)nn(C)c3C)s2)cc1. The number of rotatable bonds is 5. The summed E-state index contributed by atoms with van der Waals surface area (Å²) < 4.78 is 1.80. The Hall–Kier alpha value is -2.80. The molecule has 1 amide bonds. The zero-order chi connectivity index (χ0) is 18.7. The Labute approximate surface area is 156 Å². The normalized spacial score (nSPS) is 11.2. The van der Waals surface area contributed by atoms with Crippen molar-refractivity contribution in [2.45, 2.75) is 27.2 Å². The van der Waals surface area contributed by atoms with Gasteiger partial charge in [-0.25, -0.2) is 0 Å². The molecule has 0 saturated carbocycles. The van der Waals surface area contributed by atoms with Crippen molar-refractivity contribution in [1.82, 2.24) is 20.0 Å². The van der Waals surface area contributed by atoms with Crippen molar-refractivity contribution < 1.29 is 4.79 Å². The van der Waals surface area contributed by atoms with Crippen LogP contribution in [0.5, 0.6) is 0 Å². The third kappa shape index (κ3) is 4.23. The quantitative estimate of drug-likeness (QED) is 0.701. The van der Waals surface area contributed by atoms with E-state index in [1.54, 1.807) is 10.8 Å². The molecule has 0 fully saturated rings. The first-order valence-corrected chi connectivity index (χ1v) is 9.11. The smallest absolute Gasteiger partial charge is 0.250 e. The lowest BCUT2D eigenvalue weighted by molar-refractivity contribution is -0.111. The fourth-order valence-electron chi connectivity index (χ4n) is 2.59. The van der Waals surface area contributed by atoms with Gasteiger partial charge in [0, 0.05) is 30.8 Å². The minimum absolute atomic E-state index is 0.231. The molecule has 0 radical (unpaired) electrons. The predicted octanol–water partition coefficient (Wildman–Crippen LogP) is 3.44. The van der Waals surface area contributed by atoms with Gasteiger partial charge in [0.2, 0.25) is 11.0 Å². The lowest BCUT2D eigenvalue weighted by Crippen LogP contribution is -2.07. The molecule has 26 heavy (non-hydrogen) atoms. The third-order valence-electron chi connectivity index (χ3n) is 4.14. The van der Waals surface area contributed by atoms with Crippen LogP contribution in [-0.4, -0.2) is 25.9 Å². The second-order valence-corrected chi connectivity index (χ2v) is 7.26. The van der Waals surface area contributed by atoms with E-state index in [0.29, 0.717) is 11.6 Å². The lowest BCUT2D eigenvalue weighted by Gasteiger charge is -1.98. The highest BCUT2D eigenvalue weighted by molar-refractivity contribution is 7.15. The van der Waals surface area contributed by atoms with Gasteiger partial charge in [-0.15, -0.1) is 10.2 Å². The van der Waals surface area contributed by atoms with Gasteiger partial charge >= 0.3 is 0 Å². The van der Waals surface area contributed by atoms with E-state index < -0.39 is 0 Å². The van der Waals surface area contributed by atoms with Crippen LogP contribution in [0, 0.1) is 20.8 Å². The highest BCUT2D eigenvalue weighted by Gasteiger charge is 2.09. The zero-order valence-electron chi connectivity index (χ0n) is 15.3. The number of amides is 1. The molecular weight excluding hydrogens is 346 g/mol. The van der Waals surface area contributed by atoms with Crippen molar-refractivity contribution >= 4 is 28.5 Å². The number of aryl methyl sites for hydroxylation is 3. The molecule has 134 valence electrons. The van der Waals surface area contributed by atoms with Crippen LogP contribution in [0.2, 0.25) is 0 Å². The van der Waals surface area contributed by atoms with Gasteiger partial charge in [-0.2, -0.15) is 5.10 Å². The van der Waals surface area contributed by atoms with Crippen LogP contribution in [0.25, 0.3) is 6.08 Å². The van der Waals surface area contributed by atoms with Crippen LogP contribution in [0.15, 0.2) is 30.3 Å². The topological polar surface area (TPSA) is 72.7 Å². The van der Waals surface area contributed by atoms with Crippen LogP contribution in [0.3, 0.4) is 0 Å². The molecule has 1 aromatic carbocycles. The van der Waals surface area contributed by atoms with Crippen molar-refractivity contribution in [1.29, 1.82) is 0 Å². The van der Waals surface area contributed by atoms with E-state index in [2.05, 4.69) is 51.8 Å². The standard InChI is InChI=1S/C19H21N5OS/c1-12-5-7-15(8-6-12)11-18-21-22-19(26-18)20-17(25)10-9-16-13(2)23-24(4)14(16)3/h5-10H,11H2,1-4H3,(H,20,22,25)/b10-9-. The van der Waals surface area contributed by atoms with E-state index in [1.165, 1.54) is 28.5 Å². The Balaban J connectivity index is 1.62. The van der Waals surface area contributed by atoms with Crippen LogP contribution in [0.1, 0.15) is 33.1 Å². The summed E-state index contributed by atoms with van der Waals surface area (Å²) in [4.78, 5) is 12.1. The molecule has 0 aliphatic carbocycles. The van der Waals surface area contributed by atoms with E-state index in [1.807, 2.05) is 20.9 Å². The van der Waals surface area contributed by atoms with E-state index in [0.717, 1.165) is 22.0 Å². The lowest BCUT2D eigenvalue weighted by atomic mass is 10.1. The maximum atomic E-state index is 12.1. The summed E-state index contributed by atoms with van der Waals surface area (Å²) in [5.41, 5.74) is 5.27. The van der Waals surface area contributed by atoms with Crippen molar-refractivity contribution in [3.8, 4) is 0 Å². The van der Waals surface area contributed by atoms with Gasteiger partial charge in [-0.3, -0.25) is 14.8 Å². The average Bonchev–Trinajstić information content (AvgIpc) is 3.12. The maximum absolute atomic E-state index is 12.1. The zero-order valence-corrected chi connectivity index (χ0v) is 16.1. The molecule has 0 unspecified atom stereocenters. The first-order valence-electron chi connectivity index (χ1n) is 8.29. The molecular formula is C19H21N5OS. The van der Waals surface area contributed by atoms with E-state index in [-0.39, 0.29) is 5.91 Å². The third-order valence-corrected chi connectivity index (χ3v) is 4.98. The number of carbonyl (C=O) groups is 1. The number of hydrogen-bond acceptors (Lipinski definition) is 5. The Morgan fingerprint density at radius 3 is 2.58 bits per heavy atom. The van der Waals surface area contributed by atoms with Crippen molar-refractivity contribution in [2.24, 2.45) is 7.05 Å². The van der Waals surface area contributed by atoms with E-state index >= 15 is 0 Å². The molecule has 6 nitrogen and oxygen atoms in total. The molecule has 0 atom stereocenters. The highest BCUT2D eigenvalue weighted by Crippen LogP contribution is 2.19. The molecule has 3 rings (SSSR count). The molecule has 2 heterocycles. The second kappa shape index (κ2) is 7.61. The van der Waals surface area contributed by atoms with Gasteiger partial charge in [0.05, 0.1) is 5.69 Å². The molecule has 2 aromatic heterocycles. The fraction of sp³-hybridized carbons (Fsp3) is 0.263. The van der Waals surface area contributed by atoms with Gasteiger partial charge in [-0.05, 0) is 32.4 Å². The molecule has 0 spiro atoms. The van der Waals surface area contributed by atoms with Crippen molar-refractivity contribution in [2.75, 3.05) is 5.32 Å². The van der Waals surface area contributed by atoms with Crippen molar-refractivity contribution in [3.63, 3.8) is 0 Å². The van der Waals surface area contributed by atoms with Crippen LogP contribution in [0.4, 0.5) is 5.13 Å². The largest absolute Gasteiger partial charge is 0.297 e. The monoisotopic (exact) mass is 367 g/mol. The number of anilines is 1. The summed E-state index contributed by atoms with van der Waals surface area (Å²) in [6.45, 7) is 5.96. The summed E-state index contributed by atoms with van der Waals surface area (Å²) in [7, 11) is 1.89. The summed E-state index contributed by atoms with van der Waals surface area (Å²) in [5.74, 6) is -0.231. The number of nitrogens with zero attached hydrogens (tertiary/aromatic N) is 4. The van der Waals surface area contributed by atoms with Gasteiger partial charge in [0.15, 0.2) is 0 Å². The minimum Gasteiger partial charge on any atom is -0.297 e. The summed E-state index contributed by atoms with van der Waals surface area (Å²) in [6, 6.07) is 8.31. The Morgan fingerprint density at radius 2 is 1.92 bits per heavy atom. The molecule has 0 aliphatic rings. The maximum Gasteiger partial charge on any atom is 0.250 e. The van der Waals surface area contributed by atoms with Crippen LogP contribution >= 0.6 is 11.3 Å². The second-order valence-electron chi connectivity index (χ2n) is 6.19. The predicted molar refractivity (Wildman–Crippen MR) is 104 cm³/mol. The fourth-order valence-corrected chi connectivity index (χ4v) is 3.37. The summed E-state index contributed by atoms with van der Waals surface area (Å²) in [5, 5.41) is 16.7. The molecule has 3 aromatic rings. The number of hydrogen-bond donors (Lipinski definition) is 1.